The summed E-state index contributed by atoms with van der Waals surface area (Å²) >= 11 is 1.75. The van der Waals surface area contributed by atoms with E-state index in [1.807, 2.05) is 13.2 Å². The topological polar surface area (TPSA) is 9.23 Å². The summed E-state index contributed by atoms with van der Waals surface area (Å²) in [5.41, 5.74) is -0.0985. The molecule has 0 amide bonds. The van der Waals surface area contributed by atoms with Gasteiger partial charge in [-0.25, -0.2) is 0 Å². The highest BCUT2D eigenvalue weighted by atomic mass is 32.2. The quantitative estimate of drug-likeness (QED) is 0.718. The lowest BCUT2D eigenvalue weighted by molar-refractivity contribution is -0.000837. The average Bonchev–Trinajstić information content (AvgIpc) is 2.40. The summed E-state index contributed by atoms with van der Waals surface area (Å²) in [5, 5.41) is 0. The van der Waals surface area contributed by atoms with E-state index in [1.54, 1.807) is 11.8 Å². The summed E-state index contributed by atoms with van der Waals surface area (Å²) in [7, 11) is 1.82. The molecule has 1 fully saturated rings. The van der Waals surface area contributed by atoms with E-state index in [9.17, 15) is 0 Å². The maximum atomic E-state index is 5.79. The Bertz CT molecular complexity index is 366. The Morgan fingerprint density at radius 3 is 2.41 bits per heavy atom. The van der Waals surface area contributed by atoms with Gasteiger partial charge in [-0.3, -0.25) is 0 Å². The Balaban J connectivity index is 2.07. The third-order valence-electron chi connectivity index (χ3n) is 3.54. The Hall–Kier alpha value is -0.730. The normalized spacial score (nSPS) is 18.9. The molecule has 17 heavy (non-hydrogen) atoms. The molecule has 0 atom stereocenters. The van der Waals surface area contributed by atoms with E-state index in [0.29, 0.717) is 0 Å². The summed E-state index contributed by atoms with van der Waals surface area (Å²) < 4.78 is 5.79. The van der Waals surface area contributed by atoms with E-state index in [2.05, 4.69) is 30.8 Å². The predicted molar refractivity (Wildman–Crippen MR) is 74.3 cm³/mol. The van der Waals surface area contributed by atoms with Crippen LogP contribution < -0.4 is 0 Å². The van der Waals surface area contributed by atoms with Crippen LogP contribution in [0.4, 0.5) is 0 Å². The van der Waals surface area contributed by atoms with E-state index < -0.39 is 0 Å². The summed E-state index contributed by atoms with van der Waals surface area (Å²) in [4.78, 5) is 2.41. The number of ether oxygens (including phenoxy) is 1. The molecule has 0 radical (unpaired) electrons. The first-order chi connectivity index (χ1) is 8.27. The molecule has 2 heteroatoms. The van der Waals surface area contributed by atoms with Crippen molar-refractivity contribution >= 4 is 11.8 Å². The Morgan fingerprint density at radius 2 is 1.82 bits per heavy atom. The minimum atomic E-state index is -0.0985. The van der Waals surface area contributed by atoms with Crippen molar-refractivity contribution < 1.29 is 4.74 Å². The molecular weight excluding hydrogens is 228 g/mol. The van der Waals surface area contributed by atoms with Gasteiger partial charge in [0.25, 0.3) is 0 Å². The van der Waals surface area contributed by atoms with Gasteiger partial charge in [0, 0.05) is 16.9 Å². The van der Waals surface area contributed by atoms with Crippen molar-refractivity contribution in [2.24, 2.45) is 0 Å². The van der Waals surface area contributed by atoms with Crippen LogP contribution in [0.3, 0.4) is 0 Å². The predicted octanol–water partition coefficient (Wildman–Crippen LogP) is 4.64. The third-order valence-corrected chi connectivity index (χ3v) is 4.67. The molecule has 1 aromatic carbocycles. The molecule has 0 N–H and O–H groups in total. The molecule has 1 aliphatic rings. The molecule has 0 aliphatic heterocycles. The molecule has 0 aromatic heterocycles. The highest BCUT2D eigenvalue weighted by Crippen LogP contribution is 2.43. The van der Waals surface area contributed by atoms with Crippen LogP contribution in [-0.4, -0.2) is 12.7 Å². The maximum absolute atomic E-state index is 5.79. The molecule has 0 unspecified atom stereocenters. The minimum Gasteiger partial charge on any atom is -0.373 e. The van der Waals surface area contributed by atoms with E-state index in [1.165, 1.54) is 24.2 Å². The van der Waals surface area contributed by atoms with Gasteiger partial charge in [0.05, 0.1) is 5.60 Å². The van der Waals surface area contributed by atoms with Gasteiger partial charge in [-0.1, -0.05) is 55.8 Å². The van der Waals surface area contributed by atoms with E-state index in [-0.39, 0.29) is 5.60 Å². The first-order valence-electron chi connectivity index (χ1n) is 6.24. The van der Waals surface area contributed by atoms with E-state index in [4.69, 9.17) is 4.74 Å². The molecule has 1 aromatic rings. The second kappa shape index (κ2) is 5.74. The van der Waals surface area contributed by atoms with E-state index in [0.717, 1.165) is 17.7 Å². The minimum absolute atomic E-state index is 0.0985. The first kappa shape index (κ1) is 12.7. The summed E-state index contributed by atoms with van der Waals surface area (Å²) in [5.74, 6) is 0. The lowest BCUT2D eigenvalue weighted by atomic mass is 9.84. The molecule has 0 heterocycles. The van der Waals surface area contributed by atoms with Crippen molar-refractivity contribution in [2.75, 3.05) is 7.11 Å². The standard InChI is InChI=1S/C15H20OS/c1-13(17-14-9-5-3-6-10-14)15(16-2)11-7-4-8-12-15/h3,5-6,9-10H,1,4,7-8,11-12H2,2H3. The third kappa shape index (κ3) is 2.93. The highest BCUT2D eigenvalue weighted by molar-refractivity contribution is 8.03. The van der Waals surface area contributed by atoms with Gasteiger partial charge in [0.15, 0.2) is 0 Å². The van der Waals surface area contributed by atoms with Crippen LogP contribution in [0.25, 0.3) is 0 Å². The smallest absolute Gasteiger partial charge is 0.0983 e. The van der Waals surface area contributed by atoms with Gasteiger partial charge in [0.1, 0.15) is 0 Å². The first-order valence-corrected chi connectivity index (χ1v) is 7.06. The zero-order chi connectivity index (χ0) is 12.1. The van der Waals surface area contributed by atoms with Crippen molar-refractivity contribution in [2.45, 2.75) is 42.6 Å². The second-order valence-electron chi connectivity index (χ2n) is 4.60. The van der Waals surface area contributed by atoms with Gasteiger partial charge in [-0.15, -0.1) is 0 Å². The zero-order valence-corrected chi connectivity index (χ0v) is 11.3. The molecule has 1 aliphatic carbocycles. The fraction of sp³-hybridized carbons (Fsp3) is 0.467. The average molecular weight is 248 g/mol. The number of hydrogen-bond donors (Lipinski definition) is 0. The molecule has 0 saturated heterocycles. The second-order valence-corrected chi connectivity index (χ2v) is 5.77. The lowest BCUT2D eigenvalue weighted by Crippen LogP contribution is -2.34. The van der Waals surface area contributed by atoms with Gasteiger partial charge in [0.2, 0.25) is 0 Å². The van der Waals surface area contributed by atoms with Gasteiger partial charge in [-0.2, -0.15) is 0 Å². The Labute approximate surface area is 108 Å². The molecule has 2 rings (SSSR count). The van der Waals surface area contributed by atoms with Crippen LogP contribution in [0, 0.1) is 0 Å². The monoisotopic (exact) mass is 248 g/mol. The number of rotatable bonds is 4. The number of thioether (sulfide) groups is 1. The van der Waals surface area contributed by atoms with Crippen molar-refractivity contribution in [3.63, 3.8) is 0 Å². The molecule has 0 spiro atoms. The molecule has 0 bridgehead atoms. The largest absolute Gasteiger partial charge is 0.373 e. The fourth-order valence-corrected chi connectivity index (χ4v) is 3.49. The van der Waals surface area contributed by atoms with Crippen molar-refractivity contribution in [1.29, 1.82) is 0 Å². The van der Waals surface area contributed by atoms with Crippen LogP contribution >= 0.6 is 11.8 Å². The number of methoxy groups -OCH3 is 1. The van der Waals surface area contributed by atoms with Crippen LogP contribution in [0.15, 0.2) is 46.7 Å². The summed E-state index contributed by atoms with van der Waals surface area (Å²) in [6.07, 6.45) is 6.06. The molecule has 92 valence electrons. The molecule has 1 saturated carbocycles. The lowest BCUT2D eigenvalue weighted by Gasteiger charge is -2.37. The van der Waals surface area contributed by atoms with Crippen LogP contribution in [-0.2, 0) is 4.74 Å². The van der Waals surface area contributed by atoms with Crippen LogP contribution in [0.2, 0.25) is 0 Å². The Kier molecular flexibility index (Phi) is 4.30. The van der Waals surface area contributed by atoms with Crippen molar-refractivity contribution in [3.8, 4) is 0 Å². The number of hydrogen-bond acceptors (Lipinski definition) is 2. The maximum Gasteiger partial charge on any atom is 0.0983 e. The zero-order valence-electron chi connectivity index (χ0n) is 10.4. The summed E-state index contributed by atoms with van der Waals surface area (Å²) in [6, 6.07) is 10.4. The Morgan fingerprint density at radius 1 is 1.18 bits per heavy atom. The van der Waals surface area contributed by atoms with Crippen LogP contribution in [0.1, 0.15) is 32.1 Å². The number of benzene rings is 1. The highest BCUT2D eigenvalue weighted by Gasteiger charge is 2.35. The van der Waals surface area contributed by atoms with Crippen molar-refractivity contribution in [1.82, 2.24) is 0 Å². The van der Waals surface area contributed by atoms with Gasteiger partial charge in [-0.05, 0) is 25.0 Å². The molecular formula is C15H20OS. The van der Waals surface area contributed by atoms with E-state index >= 15 is 0 Å². The SMILES string of the molecule is C=C(Sc1ccccc1)C1(OC)CCCCC1. The van der Waals surface area contributed by atoms with Gasteiger partial charge < -0.3 is 4.74 Å². The van der Waals surface area contributed by atoms with Crippen molar-refractivity contribution in [3.05, 3.63) is 41.8 Å². The summed E-state index contributed by atoms with van der Waals surface area (Å²) in [6.45, 7) is 4.25. The van der Waals surface area contributed by atoms with Crippen LogP contribution in [0.5, 0.6) is 0 Å². The fourth-order valence-electron chi connectivity index (χ4n) is 2.44. The van der Waals surface area contributed by atoms with Gasteiger partial charge >= 0.3 is 0 Å². The molecule has 1 nitrogen and oxygen atoms in total.